The molecule has 1 atom stereocenters. The van der Waals surface area contributed by atoms with Crippen molar-refractivity contribution >= 4 is 34.6 Å². The van der Waals surface area contributed by atoms with Crippen LogP contribution >= 0.6 is 22.7 Å². The highest BCUT2D eigenvalue weighted by Gasteiger charge is 2.25. The Morgan fingerprint density at radius 2 is 1.91 bits per heavy atom. The summed E-state index contributed by atoms with van der Waals surface area (Å²) in [6.45, 7) is 4.46. The fraction of sp³-hybridized carbons (Fsp3) is 0.375. The summed E-state index contributed by atoms with van der Waals surface area (Å²) in [7, 11) is 0. The molecule has 4 nitrogen and oxygen atoms in total. The number of rotatable bonds is 7. The minimum atomic E-state index is -0.755. The van der Waals surface area contributed by atoms with E-state index in [1.807, 2.05) is 36.7 Å². The van der Waals surface area contributed by atoms with Crippen molar-refractivity contribution < 1.29 is 14.3 Å². The molecule has 0 aromatic carbocycles. The molecular weight excluding hydrogens is 318 g/mol. The highest BCUT2D eigenvalue weighted by Crippen LogP contribution is 2.15. The Bertz CT molecular complexity index is 591. The van der Waals surface area contributed by atoms with Gasteiger partial charge in [0.05, 0.1) is 6.54 Å². The van der Waals surface area contributed by atoms with Crippen LogP contribution in [0.3, 0.4) is 0 Å². The molecule has 0 aliphatic heterocycles. The van der Waals surface area contributed by atoms with Crippen LogP contribution in [0.15, 0.2) is 35.0 Å². The largest absolute Gasteiger partial charge is 0.448 e. The number of carbonyl (C=O) groups excluding carboxylic acids is 2. The summed E-state index contributed by atoms with van der Waals surface area (Å²) in [5.41, 5.74) is 0. The summed E-state index contributed by atoms with van der Waals surface area (Å²) in [4.78, 5) is 25.9. The van der Waals surface area contributed by atoms with Gasteiger partial charge in [0.15, 0.2) is 6.10 Å². The van der Waals surface area contributed by atoms with E-state index < -0.39 is 12.1 Å². The van der Waals surface area contributed by atoms with E-state index in [4.69, 9.17) is 4.74 Å². The number of carbonyl (C=O) groups is 2. The number of esters is 1. The minimum Gasteiger partial charge on any atom is -0.448 e. The van der Waals surface area contributed by atoms with Crippen LogP contribution in [-0.2, 0) is 16.1 Å². The van der Waals surface area contributed by atoms with Gasteiger partial charge in [-0.1, -0.05) is 26.0 Å². The minimum absolute atomic E-state index is 0.244. The van der Waals surface area contributed by atoms with Crippen LogP contribution in [0.1, 0.15) is 34.8 Å². The molecule has 2 heterocycles. The SMILES string of the molecule is CC(C)C[C@H](OC(=O)c1cccs1)C(=O)NCc1cccs1. The Kier molecular flexibility index (Phi) is 6.15. The fourth-order valence-corrected chi connectivity index (χ4v) is 3.17. The van der Waals surface area contributed by atoms with Crippen molar-refractivity contribution in [2.24, 2.45) is 5.92 Å². The lowest BCUT2D eigenvalue weighted by Crippen LogP contribution is -2.38. The smallest absolute Gasteiger partial charge is 0.349 e. The van der Waals surface area contributed by atoms with Gasteiger partial charge in [0.25, 0.3) is 5.91 Å². The van der Waals surface area contributed by atoms with Crippen LogP contribution < -0.4 is 5.32 Å². The van der Waals surface area contributed by atoms with E-state index in [9.17, 15) is 9.59 Å². The lowest BCUT2D eigenvalue weighted by Gasteiger charge is -2.18. The van der Waals surface area contributed by atoms with Crippen molar-refractivity contribution in [1.82, 2.24) is 5.32 Å². The summed E-state index contributed by atoms with van der Waals surface area (Å²) in [5, 5.41) is 6.61. The van der Waals surface area contributed by atoms with Gasteiger partial charge in [-0.2, -0.15) is 0 Å². The van der Waals surface area contributed by atoms with E-state index in [0.717, 1.165) is 4.88 Å². The Morgan fingerprint density at radius 1 is 1.18 bits per heavy atom. The van der Waals surface area contributed by atoms with Crippen LogP contribution in [0, 0.1) is 5.92 Å². The summed E-state index contributed by atoms with van der Waals surface area (Å²) in [6, 6.07) is 7.38. The van der Waals surface area contributed by atoms with Crippen molar-refractivity contribution in [3.05, 3.63) is 44.8 Å². The van der Waals surface area contributed by atoms with Crippen LogP contribution in [0.2, 0.25) is 0 Å². The third-order valence-electron chi connectivity index (χ3n) is 2.97. The molecule has 2 aromatic heterocycles. The molecule has 0 bridgehead atoms. The molecule has 0 saturated heterocycles. The molecule has 6 heteroatoms. The van der Waals surface area contributed by atoms with Crippen molar-refractivity contribution in [1.29, 1.82) is 0 Å². The van der Waals surface area contributed by atoms with Gasteiger partial charge in [0.1, 0.15) is 4.88 Å². The van der Waals surface area contributed by atoms with Crippen LogP contribution in [0.4, 0.5) is 0 Å². The number of nitrogens with one attached hydrogen (secondary N) is 1. The van der Waals surface area contributed by atoms with Gasteiger partial charge in [-0.25, -0.2) is 4.79 Å². The summed E-state index contributed by atoms with van der Waals surface area (Å²) in [5.74, 6) is -0.424. The molecule has 0 unspecified atom stereocenters. The predicted molar refractivity (Wildman–Crippen MR) is 89.1 cm³/mol. The third kappa shape index (κ3) is 4.96. The first-order valence-corrected chi connectivity index (χ1v) is 8.86. The Morgan fingerprint density at radius 3 is 2.50 bits per heavy atom. The van der Waals surface area contributed by atoms with E-state index in [2.05, 4.69) is 5.32 Å². The quantitative estimate of drug-likeness (QED) is 0.784. The molecule has 2 aromatic rings. The van der Waals surface area contributed by atoms with Gasteiger partial charge >= 0.3 is 5.97 Å². The highest BCUT2D eigenvalue weighted by molar-refractivity contribution is 7.12. The van der Waals surface area contributed by atoms with Crippen molar-refractivity contribution in [2.45, 2.75) is 32.9 Å². The first kappa shape index (κ1) is 16.7. The molecule has 1 amide bonds. The first-order valence-electron chi connectivity index (χ1n) is 7.11. The second-order valence-electron chi connectivity index (χ2n) is 5.30. The van der Waals surface area contributed by atoms with E-state index in [1.165, 1.54) is 11.3 Å². The summed E-state index contributed by atoms with van der Waals surface area (Å²) < 4.78 is 5.40. The molecule has 0 aliphatic rings. The van der Waals surface area contributed by atoms with E-state index in [0.29, 0.717) is 17.8 Å². The maximum atomic E-state index is 12.3. The molecule has 0 spiro atoms. The van der Waals surface area contributed by atoms with E-state index in [1.54, 1.807) is 23.5 Å². The molecule has 0 fully saturated rings. The third-order valence-corrected chi connectivity index (χ3v) is 4.69. The molecule has 2 rings (SSSR count). The monoisotopic (exact) mass is 337 g/mol. The van der Waals surface area contributed by atoms with E-state index in [-0.39, 0.29) is 11.8 Å². The van der Waals surface area contributed by atoms with Gasteiger partial charge in [-0.15, -0.1) is 22.7 Å². The van der Waals surface area contributed by atoms with Crippen molar-refractivity contribution in [3.8, 4) is 0 Å². The molecule has 0 radical (unpaired) electrons. The lowest BCUT2D eigenvalue weighted by atomic mass is 10.1. The van der Waals surface area contributed by atoms with E-state index >= 15 is 0 Å². The maximum Gasteiger partial charge on any atom is 0.349 e. The van der Waals surface area contributed by atoms with Crippen LogP contribution in [-0.4, -0.2) is 18.0 Å². The molecule has 0 saturated carbocycles. The van der Waals surface area contributed by atoms with Crippen LogP contribution in [0.25, 0.3) is 0 Å². The molecular formula is C16H19NO3S2. The molecule has 1 N–H and O–H groups in total. The molecule has 118 valence electrons. The first-order chi connectivity index (χ1) is 10.6. The Balaban J connectivity index is 1.95. The number of amides is 1. The number of hydrogen-bond acceptors (Lipinski definition) is 5. The number of ether oxygens (including phenoxy) is 1. The van der Waals surface area contributed by atoms with Crippen LogP contribution in [0.5, 0.6) is 0 Å². The Labute approximate surface area is 138 Å². The van der Waals surface area contributed by atoms with Crippen molar-refractivity contribution in [3.63, 3.8) is 0 Å². The van der Waals surface area contributed by atoms with Gasteiger partial charge < -0.3 is 10.1 Å². The van der Waals surface area contributed by atoms with Gasteiger partial charge in [0.2, 0.25) is 0 Å². The van der Waals surface area contributed by atoms with Gasteiger partial charge in [-0.05, 0) is 35.2 Å². The van der Waals surface area contributed by atoms with Gasteiger partial charge in [-0.3, -0.25) is 4.79 Å². The van der Waals surface area contributed by atoms with Gasteiger partial charge in [0, 0.05) is 4.88 Å². The summed E-state index contributed by atoms with van der Waals surface area (Å²) in [6.07, 6.45) is -0.248. The standard InChI is InChI=1S/C16H19NO3S2/c1-11(2)9-13(20-16(19)14-6-4-8-22-14)15(18)17-10-12-5-3-7-21-12/h3-8,11,13H,9-10H2,1-2H3,(H,17,18)/t13-/m0/s1. The number of hydrogen-bond donors (Lipinski definition) is 1. The molecule has 22 heavy (non-hydrogen) atoms. The zero-order chi connectivity index (χ0) is 15.9. The topological polar surface area (TPSA) is 55.4 Å². The average Bonchev–Trinajstić information content (AvgIpc) is 3.16. The number of thiophene rings is 2. The van der Waals surface area contributed by atoms with Crippen molar-refractivity contribution in [2.75, 3.05) is 0 Å². The average molecular weight is 337 g/mol. The Hall–Kier alpha value is -1.66. The normalized spacial score (nSPS) is 12.1. The predicted octanol–water partition coefficient (Wildman–Crippen LogP) is 3.70. The lowest BCUT2D eigenvalue weighted by molar-refractivity contribution is -0.130. The second kappa shape index (κ2) is 8.10. The zero-order valence-corrected chi connectivity index (χ0v) is 14.2. The molecule has 0 aliphatic carbocycles. The summed E-state index contributed by atoms with van der Waals surface area (Å²) >= 11 is 2.89. The second-order valence-corrected chi connectivity index (χ2v) is 7.28. The fourth-order valence-electron chi connectivity index (χ4n) is 1.92. The maximum absolute atomic E-state index is 12.3. The highest BCUT2D eigenvalue weighted by atomic mass is 32.1. The zero-order valence-electron chi connectivity index (χ0n) is 12.6.